The summed E-state index contributed by atoms with van der Waals surface area (Å²) in [7, 11) is 0. The second-order valence-electron chi connectivity index (χ2n) is 8.30. The molecule has 1 unspecified atom stereocenters. The third-order valence-electron chi connectivity index (χ3n) is 6.05. The van der Waals surface area contributed by atoms with Crippen LogP contribution < -0.4 is 10.2 Å². The summed E-state index contributed by atoms with van der Waals surface area (Å²) < 4.78 is 0. The van der Waals surface area contributed by atoms with Crippen LogP contribution in [0.1, 0.15) is 45.1 Å². The molecule has 142 valence electrons. The zero-order chi connectivity index (χ0) is 18.9. The molecule has 4 rings (SSSR count). The molecular formula is C22H28N4O. The Bertz CT molecular complexity index is 796. The van der Waals surface area contributed by atoms with E-state index < -0.39 is 0 Å². The van der Waals surface area contributed by atoms with E-state index in [0.717, 1.165) is 36.6 Å². The molecule has 2 aliphatic rings. The van der Waals surface area contributed by atoms with Gasteiger partial charge in [0, 0.05) is 44.0 Å². The van der Waals surface area contributed by atoms with Gasteiger partial charge in [-0.2, -0.15) is 0 Å². The normalized spacial score (nSPS) is 19.0. The molecule has 1 aliphatic carbocycles. The molecule has 27 heavy (non-hydrogen) atoms. The summed E-state index contributed by atoms with van der Waals surface area (Å²) in [5.74, 6) is 0.876. The maximum absolute atomic E-state index is 11.1. The van der Waals surface area contributed by atoms with Crippen molar-refractivity contribution in [1.29, 1.82) is 0 Å². The van der Waals surface area contributed by atoms with E-state index in [1.807, 2.05) is 19.3 Å². The summed E-state index contributed by atoms with van der Waals surface area (Å²) in [5.41, 5.74) is 3.93. The summed E-state index contributed by atoms with van der Waals surface area (Å²) in [6, 6.07) is 8.57. The maximum Gasteiger partial charge on any atom is 0.225 e. The van der Waals surface area contributed by atoms with E-state index in [0.29, 0.717) is 5.41 Å². The molecule has 2 heterocycles. The predicted octanol–water partition coefficient (Wildman–Crippen LogP) is 3.59. The van der Waals surface area contributed by atoms with E-state index in [4.69, 9.17) is 0 Å². The highest BCUT2D eigenvalue weighted by atomic mass is 16.1. The first kappa shape index (κ1) is 18.0. The monoisotopic (exact) mass is 364 g/mol. The summed E-state index contributed by atoms with van der Waals surface area (Å²) in [6.45, 7) is 5.78. The number of rotatable bonds is 5. The zero-order valence-corrected chi connectivity index (χ0v) is 16.2. The van der Waals surface area contributed by atoms with Crippen molar-refractivity contribution >= 4 is 11.9 Å². The lowest BCUT2D eigenvalue weighted by Crippen LogP contribution is -2.33. The molecule has 1 aromatic carbocycles. The number of hydrogen-bond donors (Lipinski definition) is 1. The van der Waals surface area contributed by atoms with Crippen LogP contribution in [0.2, 0.25) is 0 Å². The average Bonchev–Trinajstić information content (AvgIpc) is 3.08. The van der Waals surface area contributed by atoms with Crippen LogP contribution in [0.25, 0.3) is 11.1 Å². The molecule has 1 saturated carbocycles. The Labute approximate surface area is 161 Å². The van der Waals surface area contributed by atoms with Crippen LogP contribution in [0, 0.1) is 5.41 Å². The van der Waals surface area contributed by atoms with Crippen molar-refractivity contribution in [2.75, 3.05) is 18.0 Å². The van der Waals surface area contributed by atoms with E-state index in [-0.39, 0.29) is 11.9 Å². The van der Waals surface area contributed by atoms with Crippen molar-refractivity contribution in [2.24, 2.45) is 5.41 Å². The van der Waals surface area contributed by atoms with Gasteiger partial charge in [-0.05, 0) is 49.1 Å². The number of amides is 1. The minimum atomic E-state index is 0.0117. The fourth-order valence-corrected chi connectivity index (χ4v) is 4.41. The second-order valence-corrected chi connectivity index (χ2v) is 8.30. The second kappa shape index (κ2) is 7.29. The van der Waals surface area contributed by atoms with Crippen LogP contribution in [0.4, 0.5) is 5.95 Å². The van der Waals surface area contributed by atoms with E-state index in [2.05, 4.69) is 44.5 Å². The quantitative estimate of drug-likeness (QED) is 0.881. The number of aromatic nitrogens is 2. The van der Waals surface area contributed by atoms with E-state index in [1.165, 1.54) is 31.2 Å². The molecule has 2 aromatic rings. The minimum absolute atomic E-state index is 0.0117. The number of carbonyl (C=O) groups is 1. The summed E-state index contributed by atoms with van der Waals surface area (Å²) in [5, 5.41) is 2.92. The molecule has 0 bridgehead atoms. The van der Waals surface area contributed by atoms with Crippen molar-refractivity contribution in [2.45, 2.75) is 52.0 Å². The van der Waals surface area contributed by atoms with Crippen molar-refractivity contribution in [3.8, 4) is 11.1 Å². The van der Waals surface area contributed by atoms with Crippen LogP contribution in [-0.4, -0.2) is 35.0 Å². The molecule has 1 aromatic heterocycles. The number of anilines is 1. The van der Waals surface area contributed by atoms with Gasteiger partial charge in [-0.1, -0.05) is 30.7 Å². The standard InChI is InChI=1S/C22H28N4O/c1-16(25-17(2)27)12-18-4-6-19(7-5-18)20-13-23-21(24-14-20)26-11-10-22(15-26)8-3-9-22/h4-7,13-14,16H,3,8-12,15H2,1-2H3,(H,25,27). The molecule has 5 nitrogen and oxygen atoms in total. The smallest absolute Gasteiger partial charge is 0.225 e. The van der Waals surface area contributed by atoms with Crippen molar-refractivity contribution in [1.82, 2.24) is 15.3 Å². The lowest BCUT2D eigenvalue weighted by atomic mass is 9.68. The van der Waals surface area contributed by atoms with Crippen LogP contribution in [0.15, 0.2) is 36.7 Å². The van der Waals surface area contributed by atoms with Crippen molar-refractivity contribution < 1.29 is 4.79 Å². The van der Waals surface area contributed by atoms with Gasteiger partial charge in [0.2, 0.25) is 11.9 Å². The van der Waals surface area contributed by atoms with Crippen LogP contribution in [0.3, 0.4) is 0 Å². The summed E-state index contributed by atoms with van der Waals surface area (Å²) in [4.78, 5) is 22.7. The molecule has 1 amide bonds. The third kappa shape index (κ3) is 3.97. The molecule has 2 fully saturated rings. The average molecular weight is 364 g/mol. The van der Waals surface area contributed by atoms with Crippen molar-refractivity contribution in [3.05, 3.63) is 42.2 Å². The van der Waals surface area contributed by atoms with Gasteiger partial charge < -0.3 is 10.2 Å². The molecular weight excluding hydrogens is 336 g/mol. The van der Waals surface area contributed by atoms with Crippen molar-refractivity contribution in [3.63, 3.8) is 0 Å². The van der Waals surface area contributed by atoms with E-state index in [9.17, 15) is 4.79 Å². The minimum Gasteiger partial charge on any atom is -0.354 e. The first-order chi connectivity index (χ1) is 13.0. The SMILES string of the molecule is CC(=O)NC(C)Cc1ccc(-c2cnc(N3CCC4(CCC4)C3)nc2)cc1. The number of nitrogens with zero attached hydrogens (tertiary/aromatic N) is 3. The number of benzene rings is 1. The molecule has 1 spiro atoms. The Morgan fingerprint density at radius 2 is 1.85 bits per heavy atom. The van der Waals surface area contributed by atoms with Crippen LogP contribution in [-0.2, 0) is 11.2 Å². The number of carbonyl (C=O) groups excluding carboxylic acids is 1. The maximum atomic E-state index is 11.1. The Kier molecular flexibility index (Phi) is 4.85. The van der Waals surface area contributed by atoms with E-state index in [1.54, 1.807) is 6.92 Å². The molecule has 1 aliphatic heterocycles. The van der Waals surface area contributed by atoms with Crippen LogP contribution >= 0.6 is 0 Å². The van der Waals surface area contributed by atoms with E-state index >= 15 is 0 Å². The highest BCUT2D eigenvalue weighted by Crippen LogP contribution is 2.48. The van der Waals surface area contributed by atoms with Gasteiger partial charge in [0.1, 0.15) is 0 Å². The van der Waals surface area contributed by atoms with Crippen LogP contribution in [0.5, 0.6) is 0 Å². The lowest BCUT2D eigenvalue weighted by molar-refractivity contribution is -0.119. The molecule has 1 N–H and O–H groups in total. The Balaban J connectivity index is 1.39. The largest absolute Gasteiger partial charge is 0.354 e. The highest BCUT2D eigenvalue weighted by molar-refractivity contribution is 5.73. The summed E-state index contributed by atoms with van der Waals surface area (Å²) in [6.07, 6.45) is 10.1. The first-order valence-corrected chi connectivity index (χ1v) is 9.96. The van der Waals surface area contributed by atoms with Gasteiger partial charge in [-0.25, -0.2) is 9.97 Å². The third-order valence-corrected chi connectivity index (χ3v) is 6.05. The molecule has 5 heteroatoms. The number of nitrogens with one attached hydrogen (secondary N) is 1. The van der Waals surface area contributed by atoms with Gasteiger partial charge in [-0.15, -0.1) is 0 Å². The van der Waals surface area contributed by atoms with Gasteiger partial charge in [0.15, 0.2) is 0 Å². The van der Waals surface area contributed by atoms with Gasteiger partial charge in [0.05, 0.1) is 0 Å². The fraction of sp³-hybridized carbons (Fsp3) is 0.500. The van der Waals surface area contributed by atoms with Gasteiger partial charge >= 0.3 is 0 Å². The van der Waals surface area contributed by atoms with Gasteiger partial charge in [-0.3, -0.25) is 4.79 Å². The highest BCUT2D eigenvalue weighted by Gasteiger charge is 2.43. The Morgan fingerprint density at radius 3 is 2.41 bits per heavy atom. The predicted molar refractivity (Wildman–Crippen MR) is 108 cm³/mol. The Morgan fingerprint density at radius 1 is 1.15 bits per heavy atom. The Hall–Kier alpha value is -2.43. The zero-order valence-electron chi connectivity index (χ0n) is 16.2. The molecule has 0 radical (unpaired) electrons. The van der Waals surface area contributed by atoms with Gasteiger partial charge in [0.25, 0.3) is 0 Å². The fourth-order valence-electron chi connectivity index (χ4n) is 4.41. The first-order valence-electron chi connectivity index (χ1n) is 9.96. The molecule has 1 saturated heterocycles. The topological polar surface area (TPSA) is 58.1 Å². The molecule has 1 atom stereocenters. The lowest BCUT2D eigenvalue weighted by Gasteiger charge is -2.37. The number of hydrogen-bond acceptors (Lipinski definition) is 4. The summed E-state index contributed by atoms with van der Waals surface area (Å²) >= 11 is 0.